The van der Waals surface area contributed by atoms with E-state index in [9.17, 15) is 4.79 Å². The molecule has 25 heavy (non-hydrogen) atoms. The third-order valence-electron chi connectivity index (χ3n) is 3.75. The van der Waals surface area contributed by atoms with E-state index in [-0.39, 0.29) is 5.91 Å². The second-order valence-electron chi connectivity index (χ2n) is 5.49. The fourth-order valence-corrected chi connectivity index (χ4v) is 2.47. The zero-order valence-corrected chi connectivity index (χ0v) is 14.1. The molecule has 0 aliphatic rings. The lowest BCUT2D eigenvalue weighted by atomic mass is 10.2. The number of amides is 1. The molecule has 126 valence electrons. The molecule has 0 aliphatic heterocycles. The van der Waals surface area contributed by atoms with E-state index in [0.717, 1.165) is 22.6 Å². The highest BCUT2D eigenvalue weighted by molar-refractivity contribution is 6.02. The van der Waals surface area contributed by atoms with Crippen LogP contribution in [-0.4, -0.2) is 22.8 Å². The van der Waals surface area contributed by atoms with Gasteiger partial charge in [0.25, 0.3) is 0 Å². The SMILES string of the molecule is COc1ccccc1/C=C/C(=O)Nc1c(C)cnn1-c1ccccc1. The number of hydrogen-bond donors (Lipinski definition) is 1. The van der Waals surface area contributed by atoms with Crippen molar-refractivity contribution in [3.05, 3.63) is 78.0 Å². The summed E-state index contributed by atoms with van der Waals surface area (Å²) in [7, 11) is 1.61. The molecule has 0 bridgehead atoms. The maximum Gasteiger partial charge on any atom is 0.249 e. The van der Waals surface area contributed by atoms with E-state index in [4.69, 9.17) is 4.74 Å². The van der Waals surface area contributed by atoms with Gasteiger partial charge in [-0.15, -0.1) is 0 Å². The van der Waals surface area contributed by atoms with Gasteiger partial charge in [-0.05, 0) is 31.2 Å². The lowest BCUT2D eigenvalue weighted by Crippen LogP contribution is -2.13. The normalized spacial score (nSPS) is 10.8. The fraction of sp³-hybridized carbons (Fsp3) is 0.100. The Hall–Kier alpha value is -3.34. The Labute approximate surface area is 146 Å². The highest BCUT2D eigenvalue weighted by Gasteiger charge is 2.11. The Bertz CT molecular complexity index is 898. The molecular weight excluding hydrogens is 314 g/mol. The lowest BCUT2D eigenvalue weighted by Gasteiger charge is -2.09. The molecule has 0 atom stereocenters. The van der Waals surface area contributed by atoms with E-state index in [1.54, 1.807) is 24.1 Å². The number of nitrogens with one attached hydrogen (secondary N) is 1. The molecule has 2 aromatic carbocycles. The van der Waals surface area contributed by atoms with E-state index in [1.165, 1.54) is 6.08 Å². The molecule has 0 aliphatic carbocycles. The topological polar surface area (TPSA) is 56.1 Å². The first-order valence-electron chi connectivity index (χ1n) is 7.91. The number of anilines is 1. The van der Waals surface area contributed by atoms with Crippen LogP contribution in [0.15, 0.2) is 66.9 Å². The molecule has 3 aromatic rings. The number of benzene rings is 2. The van der Waals surface area contributed by atoms with Crippen molar-refractivity contribution >= 4 is 17.8 Å². The summed E-state index contributed by atoms with van der Waals surface area (Å²) in [5.74, 6) is 1.14. The highest BCUT2D eigenvalue weighted by Crippen LogP contribution is 2.21. The number of para-hydroxylation sites is 2. The van der Waals surface area contributed by atoms with Crippen LogP contribution in [-0.2, 0) is 4.79 Å². The summed E-state index contributed by atoms with van der Waals surface area (Å²) < 4.78 is 6.99. The number of methoxy groups -OCH3 is 1. The molecule has 0 fully saturated rings. The van der Waals surface area contributed by atoms with Gasteiger partial charge in [-0.3, -0.25) is 4.79 Å². The first-order valence-corrected chi connectivity index (χ1v) is 7.91. The summed E-state index contributed by atoms with van der Waals surface area (Å²) in [4.78, 5) is 12.3. The molecule has 0 saturated carbocycles. The number of nitrogens with zero attached hydrogens (tertiary/aromatic N) is 2. The van der Waals surface area contributed by atoms with Gasteiger partial charge in [0.15, 0.2) is 0 Å². The zero-order valence-electron chi connectivity index (χ0n) is 14.1. The summed E-state index contributed by atoms with van der Waals surface area (Å²) in [5, 5.41) is 7.24. The van der Waals surface area contributed by atoms with Crippen LogP contribution in [0.4, 0.5) is 5.82 Å². The predicted molar refractivity (Wildman–Crippen MR) is 99.0 cm³/mol. The number of aryl methyl sites for hydroxylation is 1. The van der Waals surface area contributed by atoms with Crippen molar-refractivity contribution in [1.82, 2.24) is 9.78 Å². The summed E-state index contributed by atoms with van der Waals surface area (Å²) in [6.45, 7) is 1.91. The lowest BCUT2D eigenvalue weighted by molar-refractivity contribution is -0.111. The summed E-state index contributed by atoms with van der Waals surface area (Å²) in [6, 6.07) is 17.2. The summed E-state index contributed by atoms with van der Waals surface area (Å²) in [6.07, 6.45) is 4.94. The van der Waals surface area contributed by atoms with Crippen molar-refractivity contribution in [1.29, 1.82) is 0 Å². The average Bonchev–Trinajstić information content (AvgIpc) is 3.01. The van der Waals surface area contributed by atoms with E-state index in [2.05, 4.69) is 10.4 Å². The molecule has 0 spiro atoms. The Balaban J connectivity index is 1.80. The van der Waals surface area contributed by atoms with Crippen LogP contribution in [0.1, 0.15) is 11.1 Å². The van der Waals surface area contributed by atoms with E-state index < -0.39 is 0 Å². The van der Waals surface area contributed by atoms with Crippen LogP contribution in [0, 0.1) is 6.92 Å². The van der Waals surface area contributed by atoms with Gasteiger partial charge in [-0.2, -0.15) is 5.10 Å². The van der Waals surface area contributed by atoms with Crippen LogP contribution in [0.3, 0.4) is 0 Å². The van der Waals surface area contributed by atoms with Crippen molar-refractivity contribution < 1.29 is 9.53 Å². The average molecular weight is 333 g/mol. The van der Waals surface area contributed by atoms with E-state index in [1.807, 2.05) is 61.5 Å². The number of aromatic nitrogens is 2. The number of rotatable bonds is 5. The first-order chi connectivity index (χ1) is 12.2. The molecular formula is C20H19N3O2. The second-order valence-corrected chi connectivity index (χ2v) is 5.49. The van der Waals surface area contributed by atoms with Gasteiger partial charge in [0.2, 0.25) is 5.91 Å². The molecule has 1 amide bonds. The van der Waals surface area contributed by atoms with Gasteiger partial charge >= 0.3 is 0 Å². The molecule has 0 unspecified atom stereocenters. The Morgan fingerprint density at radius 2 is 1.84 bits per heavy atom. The molecule has 1 aromatic heterocycles. The van der Waals surface area contributed by atoms with Crippen LogP contribution in [0.5, 0.6) is 5.75 Å². The van der Waals surface area contributed by atoms with Crippen molar-refractivity contribution in [2.45, 2.75) is 6.92 Å². The number of carbonyl (C=O) groups is 1. The highest BCUT2D eigenvalue weighted by atomic mass is 16.5. The minimum atomic E-state index is -0.230. The largest absolute Gasteiger partial charge is 0.496 e. The Morgan fingerprint density at radius 3 is 2.60 bits per heavy atom. The third kappa shape index (κ3) is 3.77. The van der Waals surface area contributed by atoms with Gasteiger partial charge in [0.05, 0.1) is 19.0 Å². The smallest absolute Gasteiger partial charge is 0.249 e. The second kappa shape index (κ2) is 7.49. The van der Waals surface area contributed by atoms with Crippen molar-refractivity contribution in [2.24, 2.45) is 0 Å². The summed E-state index contributed by atoms with van der Waals surface area (Å²) >= 11 is 0. The standard InChI is InChI=1S/C20H19N3O2/c1-15-14-21-23(17-9-4-3-5-10-17)20(15)22-19(24)13-12-16-8-6-7-11-18(16)25-2/h3-14H,1-2H3,(H,22,24)/b13-12+. The van der Waals surface area contributed by atoms with Gasteiger partial charge in [-0.1, -0.05) is 36.4 Å². The number of hydrogen-bond acceptors (Lipinski definition) is 3. The molecule has 0 saturated heterocycles. The number of ether oxygens (including phenoxy) is 1. The van der Waals surface area contributed by atoms with Crippen molar-refractivity contribution in [3.63, 3.8) is 0 Å². The third-order valence-corrected chi connectivity index (χ3v) is 3.75. The maximum absolute atomic E-state index is 12.3. The van der Waals surface area contributed by atoms with Gasteiger partial charge < -0.3 is 10.1 Å². The zero-order chi connectivity index (χ0) is 17.6. The van der Waals surface area contributed by atoms with Crippen LogP contribution in [0.2, 0.25) is 0 Å². The van der Waals surface area contributed by atoms with Crippen LogP contribution in [0.25, 0.3) is 11.8 Å². The van der Waals surface area contributed by atoms with E-state index >= 15 is 0 Å². The molecule has 5 heteroatoms. The molecule has 1 heterocycles. The summed E-state index contributed by atoms with van der Waals surface area (Å²) in [5.41, 5.74) is 2.62. The number of carbonyl (C=O) groups excluding carboxylic acids is 1. The molecule has 5 nitrogen and oxygen atoms in total. The minimum Gasteiger partial charge on any atom is -0.496 e. The molecule has 1 N–H and O–H groups in total. The predicted octanol–water partition coefficient (Wildman–Crippen LogP) is 3.84. The van der Waals surface area contributed by atoms with Crippen LogP contribution < -0.4 is 10.1 Å². The van der Waals surface area contributed by atoms with Gasteiger partial charge in [0, 0.05) is 17.2 Å². The van der Waals surface area contributed by atoms with Crippen molar-refractivity contribution in [2.75, 3.05) is 12.4 Å². The monoisotopic (exact) mass is 333 g/mol. The van der Waals surface area contributed by atoms with Gasteiger partial charge in [0.1, 0.15) is 11.6 Å². The Kier molecular flexibility index (Phi) is 4.95. The fourth-order valence-electron chi connectivity index (χ4n) is 2.47. The van der Waals surface area contributed by atoms with Gasteiger partial charge in [-0.25, -0.2) is 4.68 Å². The minimum absolute atomic E-state index is 0.230. The van der Waals surface area contributed by atoms with Crippen molar-refractivity contribution in [3.8, 4) is 11.4 Å². The van der Waals surface area contributed by atoms with Crippen LogP contribution >= 0.6 is 0 Å². The molecule has 0 radical (unpaired) electrons. The first kappa shape index (κ1) is 16.5. The Morgan fingerprint density at radius 1 is 1.12 bits per heavy atom. The maximum atomic E-state index is 12.3. The quantitative estimate of drug-likeness (QED) is 0.722. The molecule has 3 rings (SSSR count). The van der Waals surface area contributed by atoms with E-state index in [0.29, 0.717) is 5.82 Å².